The molecule has 0 aromatic heterocycles. The van der Waals surface area contributed by atoms with Gasteiger partial charge in [0.2, 0.25) is 0 Å². The van der Waals surface area contributed by atoms with Crippen molar-refractivity contribution in [1.29, 1.82) is 0 Å². The van der Waals surface area contributed by atoms with Crippen LogP contribution in [0, 0.1) is 0 Å². The molecule has 4 heteroatoms. The zero-order valence-electron chi connectivity index (χ0n) is 14.8. The molecule has 1 fully saturated rings. The first-order valence-corrected chi connectivity index (χ1v) is 9.26. The normalized spacial score (nSPS) is 21.5. The van der Waals surface area contributed by atoms with E-state index in [0.29, 0.717) is 12.5 Å². The Balaban J connectivity index is 1.91. The molecular formula is C19H34O4. The van der Waals surface area contributed by atoms with Crippen molar-refractivity contribution in [3.05, 3.63) is 12.2 Å². The molecule has 1 aliphatic rings. The number of carbonyl (C=O) groups is 1. The van der Waals surface area contributed by atoms with Crippen molar-refractivity contribution in [3.8, 4) is 0 Å². The Morgan fingerprint density at radius 3 is 2.65 bits per heavy atom. The second kappa shape index (κ2) is 12.5. The van der Waals surface area contributed by atoms with Gasteiger partial charge in [0.05, 0.1) is 19.3 Å². The lowest BCUT2D eigenvalue weighted by molar-refractivity contribution is -0.140. The van der Waals surface area contributed by atoms with E-state index in [1.807, 2.05) is 12.2 Å². The van der Waals surface area contributed by atoms with Crippen LogP contribution in [0.25, 0.3) is 0 Å². The zero-order valence-corrected chi connectivity index (χ0v) is 14.8. The Bertz CT molecular complexity index is 340. The quantitative estimate of drug-likeness (QED) is 0.225. The van der Waals surface area contributed by atoms with Gasteiger partial charge < -0.3 is 14.6 Å². The molecule has 3 atom stereocenters. The molecule has 0 aromatic carbocycles. The summed E-state index contributed by atoms with van der Waals surface area (Å²) >= 11 is 0. The van der Waals surface area contributed by atoms with Gasteiger partial charge in [-0.1, -0.05) is 64.0 Å². The first-order valence-electron chi connectivity index (χ1n) is 9.26. The van der Waals surface area contributed by atoms with E-state index in [1.165, 1.54) is 39.2 Å². The van der Waals surface area contributed by atoms with E-state index >= 15 is 0 Å². The summed E-state index contributed by atoms with van der Waals surface area (Å²) in [4.78, 5) is 11.0. The number of aliphatic hydroxyl groups excluding tert-OH is 1. The Kier molecular flexibility index (Phi) is 11.0. The van der Waals surface area contributed by atoms with E-state index in [-0.39, 0.29) is 18.2 Å². The molecule has 4 nitrogen and oxygen atoms in total. The van der Waals surface area contributed by atoms with Crippen molar-refractivity contribution in [2.24, 2.45) is 0 Å². The Morgan fingerprint density at radius 1 is 1.17 bits per heavy atom. The Morgan fingerprint density at radius 2 is 1.91 bits per heavy atom. The molecule has 1 aliphatic heterocycles. The van der Waals surface area contributed by atoms with Crippen molar-refractivity contribution in [2.45, 2.75) is 95.9 Å². The molecule has 0 aromatic rings. The van der Waals surface area contributed by atoms with Crippen molar-refractivity contribution in [3.63, 3.8) is 0 Å². The summed E-state index contributed by atoms with van der Waals surface area (Å²) in [7, 11) is 1.44. The fourth-order valence-electron chi connectivity index (χ4n) is 2.74. The highest BCUT2D eigenvalue weighted by Crippen LogP contribution is 2.29. The van der Waals surface area contributed by atoms with Crippen LogP contribution in [0.15, 0.2) is 12.2 Å². The maximum Gasteiger partial charge on any atom is 0.305 e. The molecule has 1 rings (SSSR count). The summed E-state index contributed by atoms with van der Waals surface area (Å²) in [6.07, 6.45) is 15.7. The molecule has 1 saturated heterocycles. The minimum absolute atomic E-state index is 0.108. The first-order chi connectivity index (χ1) is 11.2. The number of carbonyl (C=O) groups excluding carboxylic acids is 1. The highest BCUT2D eigenvalue weighted by Gasteiger charge is 2.35. The average molecular weight is 326 g/mol. The van der Waals surface area contributed by atoms with E-state index in [2.05, 4.69) is 11.7 Å². The van der Waals surface area contributed by atoms with Gasteiger partial charge in [-0.2, -0.15) is 0 Å². The third kappa shape index (κ3) is 10.5. The lowest BCUT2D eigenvalue weighted by Gasteiger charge is -2.03. The lowest BCUT2D eigenvalue weighted by Crippen LogP contribution is -2.02. The van der Waals surface area contributed by atoms with Crippen LogP contribution >= 0.6 is 0 Å². The van der Waals surface area contributed by atoms with Crippen LogP contribution in [-0.4, -0.2) is 36.5 Å². The highest BCUT2D eigenvalue weighted by atomic mass is 16.6. The lowest BCUT2D eigenvalue weighted by atomic mass is 10.1. The fraction of sp³-hybridized carbons (Fsp3) is 0.842. The van der Waals surface area contributed by atoms with Crippen LogP contribution in [0.3, 0.4) is 0 Å². The molecule has 0 bridgehead atoms. The average Bonchev–Trinajstić information content (AvgIpc) is 3.30. The summed E-state index contributed by atoms with van der Waals surface area (Å²) < 4.78 is 10.2. The van der Waals surface area contributed by atoms with Crippen LogP contribution in [0.5, 0.6) is 0 Å². The standard InChI is InChI=1S/C19H34O4/c1-3-4-8-11-16(20)14-15-18-17(23-18)12-9-6-5-7-10-13-19(21)22-2/h14-18,20H,3-13H2,1-2H3/b15-14+. The zero-order chi connectivity index (χ0) is 16.9. The molecule has 0 amide bonds. The van der Waals surface area contributed by atoms with Gasteiger partial charge in [-0.15, -0.1) is 0 Å². The van der Waals surface area contributed by atoms with Crippen molar-refractivity contribution in [1.82, 2.24) is 0 Å². The van der Waals surface area contributed by atoms with E-state index in [0.717, 1.165) is 32.1 Å². The number of unbranched alkanes of at least 4 members (excludes halogenated alkanes) is 6. The maximum atomic E-state index is 11.0. The predicted octanol–water partition coefficient (Wildman–Crippen LogP) is 4.15. The third-order valence-electron chi connectivity index (χ3n) is 4.35. The van der Waals surface area contributed by atoms with Gasteiger partial charge in [0, 0.05) is 6.42 Å². The summed E-state index contributed by atoms with van der Waals surface area (Å²) in [6, 6.07) is 0. The van der Waals surface area contributed by atoms with Gasteiger partial charge in [0.15, 0.2) is 0 Å². The number of epoxide rings is 1. The maximum absolute atomic E-state index is 11.0. The largest absolute Gasteiger partial charge is 0.469 e. The molecule has 0 aliphatic carbocycles. The molecule has 23 heavy (non-hydrogen) atoms. The topological polar surface area (TPSA) is 59.1 Å². The van der Waals surface area contributed by atoms with Crippen LogP contribution in [0.1, 0.15) is 77.6 Å². The van der Waals surface area contributed by atoms with E-state index in [4.69, 9.17) is 4.74 Å². The number of rotatable bonds is 14. The van der Waals surface area contributed by atoms with Gasteiger partial charge in [-0.25, -0.2) is 0 Å². The fourth-order valence-corrected chi connectivity index (χ4v) is 2.74. The molecule has 3 unspecified atom stereocenters. The van der Waals surface area contributed by atoms with Crippen LogP contribution in [0.4, 0.5) is 0 Å². The molecule has 0 saturated carbocycles. The van der Waals surface area contributed by atoms with Crippen LogP contribution in [-0.2, 0) is 14.3 Å². The predicted molar refractivity (Wildman–Crippen MR) is 92.3 cm³/mol. The minimum Gasteiger partial charge on any atom is -0.469 e. The SMILES string of the molecule is CCCCCC(O)/C=C/C1OC1CCCCCCCC(=O)OC. The van der Waals surface area contributed by atoms with Crippen molar-refractivity contribution < 1.29 is 19.4 Å². The number of methoxy groups -OCH3 is 1. The van der Waals surface area contributed by atoms with Crippen LogP contribution in [0.2, 0.25) is 0 Å². The molecule has 1 heterocycles. The van der Waals surface area contributed by atoms with Crippen molar-refractivity contribution >= 4 is 5.97 Å². The second-order valence-corrected chi connectivity index (χ2v) is 6.47. The third-order valence-corrected chi connectivity index (χ3v) is 4.35. The van der Waals surface area contributed by atoms with Crippen molar-refractivity contribution in [2.75, 3.05) is 7.11 Å². The number of hydrogen-bond acceptors (Lipinski definition) is 4. The molecule has 0 radical (unpaired) electrons. The van der Waals surface area contributed by atoms with Gasteiger partial charge in [0.25, 0.3) is 0 Å². The monoisotopic (exact) mass is 326 g/mol. The van der Waals surface area contributed by atoms with Crippen LogP contribution < -0.4 is 0 Å². The molecular weight excluding hydrogens is 292 g/mol. The summed E-state index contributed by atoms with van der Waals surface area (Å²) in [5.74, 6) is -0.108. The van der Waals surface area contributed by atoms with Gasteiger partial charge in [-0.05, 0) is 19.3 Å². The second-order valence-electron chi connectivity index (χ2n) is 6.47. The minimum atomic E-state index is -0.318. The van der Waals surface area contributed by atoms with E-state index < -0.39 is 0 Å². The Labute approximate surface area is 141 Å². The number of esters is 1. The first kappa shape index (κ1) is 20.2. The summed E-state index contributed by atoms with van der Waals surface area (Å²) in [6.45, 7) is 2.17. The highest BCUT2D eigenvalue weighted by molar-refractivity contribution is 5.68. The van der Waals surface area contributed by atoms with E-state index in [9.17, 15) is 9.90 Å². The number of ether oxygens (including phenoxy) is 2. The van der Waals surface area contributed by atoms with Gasteiger partial charge >= 0.3 is 5.97 Å². The molecule has 134 valence electrons. The number of aliphatic hydroxyl groups is 1. The molecule has 1 N–H and O–H groups in total. The Hall–Kier alpha value is -0.870. The van der Waals surface area contributed by atoms with Gasteiger partial charge in [0.1, 0.15) is 6.10 Å². The molecule has 0 spiro atoms. The number of hydrogen-bond donors (Lipinski definition) is 1. The summed E-state index contributed by atoms with van der Waals surface area (Å²) in [5, 5.41) is 9.82. The van der Waals surface area contributed by atoms with Gasteiger partial charge in [-0.3, -0.25) is 4.79 Å². The smallest absolute Gasteiger partial charge is 0.305 e. The summed E-state index contributed by atoms with van der Waals surface area (Å²) in [5.41, 5.74) is 0. The van der Waals surface area contributed by atoms with E-state index in [1.54, 1.807) is 0 Å².